The van der Waals surface area contributed by atoms with Crippen LogP contribution in [-0.4, -0.2) is 27.7 Å². The molecule has 3 aromatic heterocycles. The molecule has 40 heavy (non-hydrogen) atoms. The number of hydrogen-bond acceptors (Lipinski definition) is 3. The van der Waals surface area contributed by atoms with Gasteiger partial charge in [0, 0.05) is 42.1 Å². The Morgan fingerprint density at radius 2 is 1.68 bits per heavy atom. The van der Waals surface area contributed by atoms with Gasteiger partial charge >= 0.3 is 0 Å². The monoisotopic (exact) mass is 522 g/mol. The number of aromatic amines is 1. The molecule has 0 atom stereocenters. The smallest absolute Gasteiger partial charge is 0.0874 e. The first-order valence-electron chi connectivity index (χ1n) is 13.6. The van der Waals surface area contributed by atoms with E-state index in [0.717, 1.165) is 68.7 Å². The second-order valence-corrected chi connectivity index (χ2v) is 9.98. The van der Waals surface area contributed by atoms with E-state index in [4.69, 9.17) is 0 Å². The maximum Gasteiger partial charge on any atom is 0.0874 e. The van der Waals surface area contributed by atoms with Crippen LogP contribution in [0.4, 0.5) is 0 Å². The number of H-pyrrole nitrogens is 1. The fraction of sp³-hybridized carbons (Fsp3) is 0.139. The summed E-state index contributed by atoms with van der Waals surface area (Å²) < 4.78 is 0. The minimum atomic E-state index is 0.840. The Hall–Kier alpha value is -4.83. The largest absolute Gasteiger partial charge is 0.353 e. The predicted molar refractivity (Wildman–Crippen MR) is 169 cm³/mol. The number of nitrogens with one attached hydrogen (secondary N) is 1. The molecule has 4 heteroatoms. The number of rotatable bonds is 9. The van der Waals surface area contributed by atoms with Gasteiger partial charge in [0.05, 0.1) is 17.1 Å². The molecule has 198 valence electrons. The van der Waals surface area contributed by atoms with E-state index >= 15 is 0 Å². The van der Waals surface area contributed by atoms with Crippen LogP contribution < -0.4 is 0 Å². The molecular formula is C36H34N4. The van der Waals surface area contributed by atoms with Crippen LogP contribution in [-0.2, 0) is 12.8 Å². The average molecular weight is 523 g/mol. The molecule has 0 aliphatic carbocycles. The van der Waals surface area contributed by atoms with Crippen LogP contribution >= 0.6 is 0 Å². The molecule has 0 saturated heterocycles. The fourth-order valence-corrected chi connectivity index (χ4v) is 4.85. The lowest BCUT2D eigenvalue weighted by atomic mass is 9.99. The van der Waals surface area contributed by atoms with Crippen LogP contribution in [0.3, 0.4) is 0 Å². The van der Waals surface area contributed by atoms with Crippen LogP contribution in [0.25, 0.3) is 27.7 Å². The number of aryl methyl sites for hydroxylation is 2. The zero-order valence-corrected chi connectivity index (χ0v) is 23.4. The van der Waals surface area contributed by atoms with Crippen molar-refractivity contribution < 1.29 is 0 Å². The van der Waals surface area contributed by atoms with Crippen LogP contribution in [0, 0.1) is 0 Å². The number of hydrogen-bond donors (Lipinski definition) is 1. The summed E-state index contributed by atoms with van der Waals surface area (Å²) in [6.07, 6.45) is 11.9. The molecule has 0 unspecified atom stereocenters. The van der Waals surface area contributed by atoms with Crippen molar-refractivity contribution in [2.45, 2.75) is 26.7 Å². The number of aliphatic imine (C=N–C) groups is 1. The fourth-order valence-electron chi connectivity index (χ4n) is 4.85. The van der Waals surface area contributed by atoms with E-state index in [9.17, 15) is 0 Å². The molecule has 4 nitrogen and oxygen atoms in total. The molecule has 2 aromatic carbocycles. The quantitative estimate of drug-likeness (QED) is 0.156. The summed E-state index contributed by atoms with van der Waals surface area (Å²) in [6, 6.07) is 27.2. The van der Waals surface area contributed by atoms with Crippen molar-refractivity contribution in [3.8, 4) is 11.3 Å². The Labute approximate surface area is 236 Å². The molecule has 0 spiro atoms. The summed E-state index contributed by atoms with van der Waals surface area (Å²) in [6.45, 7) is 8.60. The molecule has 0 fully saturated rings. The summed E-state index contributed by atoms with van der Waals surface area (Å²) in [5.74, 6) is 0. The van der Waals surface area contributed by atoms with E-state index in [1.54, 1.807) is 0 Å². The topological polar surface area (TPSA) is 53.9 Å². The summed E-state index contributed by atoms with van der Waals surface area (Å²) in [4.78, 5) is 17.2. The van der Waals surface area contributed by atoms with Crippen molar-refractivity contribution in [2.75, 3.05) is 7.05 Å². The van der Waals surface area contributed by atoms with Gasteiger partial charge in [0.2, 0.25) is 0 Å². The van der Waals surface area contributed by atoms with Gasteiger partial charge in [-0.15, -0.1) is 0 Å². The van der Waals surface area contributed by atoms with Gasteiger partial charge in [-0.1, -0.05) is 67.3 Å². The minimum absolute atomic E-state index is 0.840. The summed E-state index contributed by atoms with van der Waals surface area (Å²) in [5.41, 5.74) is 11.7. The van der Waals surface area contributed by atoms with Gasteiger partial charge in [-0.05, 0) is 90.4 Å². The third-order valence-electron chi connectivity index (χ3n) is 7.22. The highest BCUT2D eigenvalue weighted by Gasteiger charge is 2.14. The summed E-state index contributed by atoms with van der Waals surface area (Å²) >= 11 is 0. The Morgan fingerprint density at radius 3 is 2.45 bits per heavy atom. The van der Waals surface area contributed by atoms with E-state index in [1.807, 2.05) is 43.8 Å². The lowest BCUT2D eigenvalue weighted by Crippen LogP contribution is -2.05. The molecule has 0 radical (unpaired) electrons. The second-order valence-electron chi connectivity index (χ2n) is 9.98. The number of benzene rings is 2. The molecular weight excluding hydrogens is 488 g/mol. The van der Waals surface area contributed by atoms with E-state index in [0.29, 0.717) is 0 Å². The van der Waals surface area contributed by atoms with E-state index in [-0.39, 0.29) is 0 Å². The highest BCUT2D eigenvalue weighted by Crippen LogP contribution is 2.29. The molecule has 0 bridgehead atoms. The average Bonchev–Trinajstić information content (AvgIpc) is 3.44. The highest BCUT2D eigenvalue weighted by molar-refractivity contribution is 6.16. The third kappa shape index (κ3) is 6.08. The number of allylic oxidation sites excluding steroid dienone is 5. The van der Waals surface area contributed by atoms with Crippen molar-refractivity contribution in [1.82, 2.24) is 15.0 Å². The predicted octanol–water partition coefficient (Wildman–Crippen LogP) is 8.44. The number of aromatic nitrogens is 3. The van der Waals surface area contributed by atoms with Gasteiger partial charge in [-0.3, -0.25) is 15.0 Å². The number of nitrogens with zero attached hydrogens (tertiary/aromatic N) is 3. The number of fused-ring (bicyclic) bond motifs is 1. The highest BCUT2D eigenvalue weighted by atomic mass is 14.8. The standard InChI is InChI=1S/C36H34N4/c1-25(16-17-26(2)30-21-29(23-38-24-30)19-18-28-11-6-5-7-12-28)27(3)36(37-4)35-22-32-31(13-10-15-34(32)40-35)33-14-8-9-20-39-33/h5-17,20-24,40H,3,18-19H2,1-2,4H3/b25-16-,26-17+,37-36?. The van der Waals surface area contributed by atoms with Crippen LogP contribution in [0.15, 0.2) is 132 Å². The first-order chi connectivity index (χ1) is 19.5. The van der Waals surface area contributed by atoms with Gasteiger partial charge < -0.3 is 4.98 Å². The van der Waals surface area contributed by atoms with Crippen molar-refractivity contribution in [1.29, 1.82) is 0 Å². The summed E-state index contributed by atoms with van der Waals surface area (Å²) in [5, 5.41) is 1.11. The van der Waals surface area contributed by atoms with Crippen LogP contribution in [0.5, 0.6) is 0 Å². The Balaban J connectivity index is 1.34. The van der Waals surface area contributed by atoms with Crippen LogP contribution in [0.2, 0.25) is 0 Å². The lowest BCUT2D eigenvalue weighted by molar-refractivity contribution is 0.948. The molecule has 0 aliphatic rings. The molecule has 0 aliphatic heterocycles. The van der Waals surface area contributed by atoms with Gasteiger partial charge in [0.25, 0.3) is 0 Å². The van der Waals surface area contributed by atoms with Crippen molar-refractivity contribution in [3.63, 3.8) is 0 Å². The molecule has 0 amide bonds. The van der Waals surface area contributed by atoms with E-state index < -0.39 is 0 Å². The van der Waals surface area contributed by atoms with E-state index in [1.165, 1.54) is 11.1 Å². The Bertz CT molecular complexity index is 1720. The third-order valence-corrected chi connectivity index (χ3v) is 7.22. The normalized spacial score (nSPS) is 12.6. The minimum Gasteiger partial charge on any atom is -0.353 e. The molecule has 3 heterocycles. The van der Waals surface area contributed by atoms with Gasteiger partial charge in [0.15, 0.2) is 0 Å². The van der Waals surface area contributed by atoms with Gasteiger partial charge in [-0.2, -0.15) is 0 Å². The van der Waals surface area contributed by atoms with Crippen molar-refractivity contribution >= 4 is 22.2 Å². The molecule has 1 N–H and O–H groups in total. The van der Waals surface area contributed by atoms with Crippen LogP contribution in [0.1, 0.15) is 36.2 Å². The van der Waals surface area contributed by atoms with Crippen molar-refractivity contribution in [2.24, 2.45) is 4.99 Å². The first kappa shape index (κ1) is 26.8. The first-order valence-corrected chi connectivity index (χ1v) is 13.6. The summed E-state index contributed by atoms with van der Waals surface area (Å²) in [7, 11) is 1.81. The second kappa shape index (κ2) is 12.4. The van der Waals surface area contributed by atoms with E-state index in [2.05, 4.69) is 113 Å². The zero-order chi connectivity index (χ0) is 27.9. The Kier molecular flexibility index (Phi) is 8.26. The maximum absolute atomic E-state index is 4.62. The van der Waals surface area contributed by atoms with Gasteiger partial charge in [0.1, 0.15) is 0 Å². The lowest BCUT2D eigenvalue weighted by Gasteiger charge is -2.09. The molecule has 5 rings (SSSR count). The number of pyridine rings is 2. The molecule has 5 aromatic rings. The van der Waals surface area contributed by atoms with Gasteiger partial charge in [-0.25, -0.2) is 0 Å². The SMILES string of the molecule is C=C(C(=NC)c1cc2c(-c3ccccn3)cccc2[nH]1)/C(C)=C\C=C(/C)c1cncc(CCc2ccccc2)c1. The maximum atomic E-state index is 4.62. The van der Waals surface area contributed by atoms with Crippen molar-refractivity contribution in [3.05, 3.63) is 150 Å². The zero-order valence-electron chi connectivity index (χ0n) is 23.4. The Morgan fingerprint density at radius 1 is 0.875 bits per heavy atom. The molecule has 0 saturated carbocycles.